The van der Waals surface area contributed by atoms with Gasteiger partial charge in [0, 0.05) is 18.6 Å². The quantitative estimate of drug-likeness (QED) is 0.713. The van der Waals surface area contributed by atoms with Crippen molar-refractivity contribution in [3.8, 4) is 0 Å². The fraction of sp³-hybridized carbons (Fsp3) is 1.00. The zero-order valence-electron chi connectivity index (χ0n) is 12.3. The summed E-state index contributed by atoms with van der Waals surface area (Å²) in [5.41, 5.74) is 0.446. The van der Waals surface area contributed by atoms with Gasteiger partial charge in [-0.3, -0.25) is 0 Å². The van der Waals surface area contributed by atoms with Crippen LogP contribution in [0, 0.1) is 17.3 Å². The molecular formula is C16H31NO. The van der Waals surface area contributed by atoms with Crippen molar-refractivity contribution in [1.29, 1.82) is 0 Å². The van der Waals surface area contributed by atoms with E-state index in [1.54, 1.807) is 0 Å². The average molecular weight is 253 g/mol. The van der Waals surface area contributed by atoms with E-state index in [0.29, 0.717) is 5.41 Å². The van der Waals surface area contributed by atoms with Crippen LogP contribution in [0.3, 0.4) is 0 Å². The third-order valence-electron chi connectivity index (χ3n) is 4.43. The molecule has 18 heavy (non-hydrogen) atoms. The number of hydrogen-bond acceptors (Lipinski definition) is 2. The van der Waals surface area contributed by atoms with Gasteiger partial charge in [0.15, 0.2) is 0 Å². The van der Waals surface area contributed by atoms with Crippen molar-refractivity contribution in [2.75, 3.05) is 26.3 Å². The molecule has 0 atom stereocenters. The molecule has 0 aromatic heterocycles. The molecule has 2 aliphatic carbocycles. The summed E-state index contributed by atoms with van der Waals surface area (Å²) in [6.45, 7) is 8.88. The predicted molar refractivity (Wildman–Crippen MR) is 76.8 cm³/mol. The second-order valence-electron chi connectivity index (χ2n) is 7.04. The van der Waals surface area contributed by atoms with Crippen LogP contribution in [0.5, 0.6) is 0 Å². The van der Waals surface area contributed by atoms with Gasteiger partial charge in [-0.2, -0.15) is 0 Å². The Labute approximate surface area is 113 Å². The molecule has 2 saturated carbocycles. The molecule has 2 aliphatic rings. The first kappa shape index (κ1) is 14.3. The van der Waals surface area contributed by atoms with Crippen LogP contribution in [0.25, 0.3) is 0 Å². The molecule has 0 heterocycles. The molecule has 0 saturated heterocycles. The molecule has 2 rings (SSSR count). The zero-order chi connectivity index (χ0) is 12.8. The number of nitrogens with one attached hydrogen (secondary N) is 1. The minimum atomic E-state index is 0.446. The van der Waals surface area contributed by atoms with Crippen LogP contribution >= 0.6 is 0 Å². The Morgan fingerprint density at radius 1 is 1.17 bits per heavy atom. The second kappa shape index (κ2) is 6.91. The first-order valence-corrected chi connectivity index (χ1v) is 7.99. The maximum Gasteiger partial charge on any atom is 0.0534 e. The van der Waals surface area contributed by atoms with Crippen LogP contribution in [-0.4, -0.2) is 26.3 Å². The van der Waals surface area contributed by atoms with E-state index in [-0.39, 0.29) is 0 Å². The third-order valence-corrected chi connectivity index (χ3v) is 4.43. The molecule has 106 valence electrons. The van der Waals surface area contributed by atoms with Gasteiger partial charge in [0.05, 0.1) is 6.61 Å². The zero-order valence-corrected chi connectivity index (χ0v) is 12.3. The van der Waals surface area contributed by atoms with Gasteiger partial charge < -0.3 is 10.1 Å². The lowest BCUT2D eigenvalue weighted by Crippen LogP contribution is -2.41. The van der Waals surface area contributed by atoms with E-state index in [4.69, 9.17) is 4.74 Å². The van der Waals surface area contributed by atoms with Crippen LogP contribution in [0.1, 0.15) is 58.8 Å². The highest BCUT2D eigenvalue weighted by molar-refractivity contribution is 4.85. The van der Waals surface area contributed by atoms with Crippen molar-refractivity contribution in [2.45, 2.75) is 58.8 Å². The van der Waals surface area contributed by atoms with Crippen LogP contribution in [0.2, 0.25) is 0 Å². The summed E-state index contributed by atoms with van der Waals surface area (Å²) >= 11 is 0. The van der Waals surface area contributed by atoms with Crippen molar-refractivity contribution in [3.05, 3.63) is 0 Å². The first-order chi connectivity index (χ1) is 8.70. The third kappa shape index (κ3) is 4.89. The molecular weight excluding hydrogens is 222 g/mol. The van der Waals surface area contributed by atoms with Gasteiger partial charge in [-0.1, -0.05) is 33.1 Å². The van der Waals surface area contributed by atoms with Gasteiger partial charge in [0.2, 0.25) is 0 Å². The molecule has 0 radical (unpaired) electrons. The standard InChI is InChI=1S/C16H31NO/c1-14(2)10-17-12-16(8-4-3-5-9-16)13-18-11-15-6-7-15/h14-15,17H,3-13H2,1-2H3. The molecule has 2 heteroatoms. The Morgan fingerprint density at radius 2 is 1.89 bits per heavy atom. The summed E-state index contributed by atoms with van der Waals surface area (Å²) in [5.74, 6) is 1.65. The molecule has 0 aromatic carbocycles. The summed E-state index contributed by atoms with van der Waals surface area (Å²) in [7, 11) is 0. The lowest BCUT2D eigenvalue weighted by atomic mass is 9.74. The highest BCUT2D eigenvalue weighted by Crippen LogP contribution is 2.37. The molecule has 0 amide bonds. The second-order valence-corrected chi connectivity index (χ2v) is 7.04. The smallest absolute Gasteiger partial charge is 0.0534 e. The van der Waals surface area contributed by atoms with Gasteiger partial charge in [-0.05, 0) is 44.1 Å². The molecule has 0 unspecified atom stereocenters. The van der Waals surface area contributed by atoms with Crippen LogP contribution in [0.15, 0.2) is 0 Å². The average Bonchev–Trinajstić information content (AvgIpc) is 3.14. The fourth-order valence-electron chi connectivity index (χ4n) is 3.03. The van der Waals surface area contributed by atoms with Crippen LogP contribution in [0.4, 0.5) is 0 Å². The normalized spacial score (nSPS) is 23.5. The van der Waals surface area contributed by atoms with Gasteiger partial charge >= 0.3 is 0 Å². The Balaban J connectivity index is 1.73. The van der Waals surface area contributed by atoms with E-state index in [1.807, 2.05) is 0 Å². The van der Waals surface area contributed by atoms with Crippen LogP contribution in [-0.2, 0) is 4.74 Å². The molecule has 0 aromatic rings. The fourth-order valence-corrected chi connectivity index (χ4v) is 3.03. The number of ether oxygens (including phenoxy) is 1. The minimum absolute atomic E-state index is 0.446. The van der Waals surface area contributed by atoms with E-state index in [1.165, 1.54) is 44.9 Å². The largest absolute Gasteiger partial charge is 0.381 e. The molecule has 2 nitrogen and oxygen atoms in total. The van der Waals surface area contributed by atoms with Crippen molar-refractivity contribution in [3.63, 3.8) is 0 Å². The Kier molecular flexibility index (Phi) is 5.50. The van der Waals surface area contributed by atoms with E-state index >= 15 is 0 Å². The lowest BCUT2D eigenvalue weighted by molar-refractivity contribution is 0.0153. The SMILES string of the molecule is CC(C)CNCC1(COCC2CC2)CCCCC1. The Morgan fingerprint density at radius 3 is 2.50 bits per heavy atom. The summed E-state index contributed by atoms with van der Waals surface area (Å²) in [4.78, 5) is 0. The summed E-state index contributed by atoms with van der Waals surface area (Å²) in [6, 6.07) is 0. The summed E-state index contributed by atoms with van der Waals surface area (Å²) < 4.78 is 6.02. The molecule has 0 aliphatic heterocycles. The predicted octanol–water partition coefficient (Wildman–Crippen LogP) is 3.61. The van der Waals surface area contributed by atoms with E-state index in [9.17, 15) is 0 Å². The van der Waals surface area contributed by atoms with Crippen molar-refractivity contribution >= 4 is 0 Å². The van der Waals surface area contributed by atoms with Gasteiger partial charge in [-0.15, -0.1) is 0 Å². The van der Waals surface area contributed by atoms with E-state index in [2.05, 4.69) is 19.2 Å². The maximum absolute atomic E-state index is 6.02. The van der Waals surface area contributed by atoms with Gasteiger partial charge in [0.1, 0.15) is 0 Å². The van der Waals surface area contributed by atoms with Crippen LogP contribution < -0.4 is 5.32 Å². The minimum Gasteiger partial charge on any atom is -0.381 e. The molecule has 0 bridgehead atoms. The van der Waals surface area contributed by atoms with E-state index < -0.39 is 0 Å². The van der Waals surface area contributed by atoms with Crippen molar-refractivity contribution in [2.24, 2.45) is 17.3 Å². The summed E-state index contributed by atoms with van der Waals surface area (Å²) in [5, 5.41) is 3.67. The molecule has 2 fully saturated rings. The number of rotatable bonds is 8. The van der Waals surface area contributed by atoms with E-state index in [0.717, 1.165) is 38.1 Å². The Bertz CT molecular complexity index is 219. The highest BCUT2D eigenvalue weighted by Gasteiger charge is 2.33. The first-order valence-electron chi connectivity index (χ1n) is 7.99. The highest BCUT2D eigenvalue weighted by atomic mass is 16.5. The lowest BCUT2D eigenvalue weighted by Gasteiger charge is -2.37. The van der Waals surface area contributed by atoms with Crippen molar-refractivity contribution in [1.82, 2.24) is 5.32 Å². The topological polar surface area (TPSA) is 21.3 Å². The molecule has 0 spiro atoms. The monoisotopic (exact) mass is 253 g/mol. The Hall–Kier alpha value is -0.0800. The summed E-state index contributed by atoms with van der Waals surface area (Å²) in [6.07, 6.45) is 9.75. The molecule has 1 N–H and O–H groups in total. The number of hydrogen-bond donors (Lipinski definition) is 1. The maximum atomic E-state index is 6.02. The van der Waals surface area contributed by atoms with Gasteiger partial charge in [-0.25, -0.2) is 0 Å². The van der Waals surface area contributed by atoms with Gasteiger partial charge in [0.25, 0.3) is 0 Å². The van der Waals surface area contributed by atoms with Crippen molar-refractivity contribution < 1.29 is 4.74 Å².